The van der Waals surface area contributed by atoms with Crippen molar-refractivity contribution in [2.24, 2.45) is 5.41 Å². The van der Waals surface area contributed by atoms with Gasteiger partial charge in [-0.1, -0.05) is 59.8 Å². The summed E-state index contributed by atoms with van der Waals surface area (Å²) in [5.74, 6) is 0. The lowest BCUT2D eigenvalue weighted by atomic mass is 9.82. The van der Waals surface area contributed by atoms with Gasteiger partial charge in [-0.3, -0.25) is 4.90 Å². The molecule has 1 unspecified atom stereocenters. The second-order valence-corrected chi connectivity index (χ2v) is 8.33. The minimum atomic E-state index is 0.311. The zero-order valence-corrected chi connectivity index (χ0v) is 14.9. The summed E-state index contributed by atoms with van der Waals surface area (Å²) in [4.78, 5) is 2.72. The van der Waals surface area contributed by atoms with Crippen molar-refractivity contribution in [1.29, 1.82) is 0 Å². The van der Waals surface area contributed by atoms with E-state index in [2.05, 4.69) is 51.8 Å². The molecule has 1 fully saturated rings. The fraction of sp³-hybridized carbons (Fsp3) is 1.00. The first-order valence-electron chi connectivity index (χ1n) is 8.76. The number of unbranched alkanes of at least 4 members (excludes halogenated alkanes) is 5. The number of piperazine rings is 1. The summed E-state index contributed by atoms with van der Waals surface area (Å²) < 4.78 is 0. The fourth-order valence-electron chi connectivity index (χ4n) is 3.07. The van der Waals surface area contributed by atoms with Crippen molar-refractivity contribution < 1.29 is 0 Å². The maximum absolute atomic E-state index is 3.76. The summed E-state index contributed by atoms with van der Waals surface area (Å²) in [6.07, 6.45) is 8.36. The van der Waals surface area contributed by atoms with Crippen molar-refractivity contribution in [2.45, 2.75) is 91.6 Å². The molecule has 120 valence electrons. The van der Waals surface area contributed by atoms with Crippen molar-refractivity contribution in [1.82, 2.24) is 10.2 Å². The number of hydrogen-bond donors (Lipinski definition) is 1. The zero-order chi connectivity index (χ0) is 15.2. The van der Waals surface area contributed by atoms with Crippen LogP contribution in [0.3, 0.4) is 0 Å². The molecule has 0 bridgehead atoms. The van der Waals surface area contributed by atoms with Crippen molar-refractivity contribution in [3.8, 4) is 0 Å². The van der Waals surface area contributed by atoms with E-state index >= 15 is 0 Å². The van der Waals surface area contributed by atoms with Crippen LogP contribution in [0.5, 0.6) is 0 Å². The molecule has 0 aromatic rings. The molecule has 0 amide bonds. The van der Waals surface area contributed by atoms with E-state index in [1.807, 2.05) is 0 Å². The van der Waals surface area contributed by atoms with Crippen molar-refractivity contribution in [2.75, 3.05) is 19.6 Å². The number of nitrogens with zero attached hydrogens (tertiary/aromatic N) is 1. The Balaban J connectivity index is 2.36. The summed E-state index contributed by atoms with van der Waals surface area (Å²) in [5.41, 5.74) is 0.668. The minimum absolute atomic E-state index is 0.311. The molecule has 0 aromatic carbocycles. The molecule has 0 aliphatic carbocycles. The monoisotopic (exact) mass is 282 g/mol. The number of hydrogen-bond acceptors (Lipinski definition) is 2. The Morgan fingerprint density at radius 2 is 1.65 bits per heavy atom. The average Bonchev–Trinajstić information content (AvgIpc) is 2.33. The van der Waals surface area contributed by atoms with Gasteiger partial charge in [0.25, 0.3) is 0 Å². The first-order chi connectivity index (χ1) is 9.27. The molecule has 0 spiro atoms. The van der Waals surface area contributed by atoms with Gasteiger partial charge in [0.05, 0.1) is 0 Å². The Kier molecular flexibility index (Phi) is 7.00. The van der Waals surface area contributed by atoms with Crippen LogP contribution in [-0.2, 0) is 0 Å². The third kappa shape index (κ3) is 5.73. The molecule has 1 rings (SSSR count). The normalized spacial score (nSPS) is 24.0. The van der Waals surface area contributed by atoms with Gasteiger partial charge in [0.15, 0.2) is 0 Å². The second-order valence-electron chi connectivity index (χ2n) is 8.33. The van der Waals surface area contributed by atoms with E-state index in [1.165, 1.54) is 51.6 Å². The molecule has 1 heterocycles. The summed E-state index contributed by atoms with van der Waals surface area (Å²) >= 11 is 0. The lowest BCUT2D eigenvalue weighted by Crippen LogP contribution is -2.64. The Morgan fingerprint density at radius 1 is 1.05 bits per heavy atom. The predicted octanol–water partition coefficient (Wildman–Crippen LogP) is 4.45. The van der Waals surface area contributed by atoms with Gasteiger partial charge in [0.2, 0.25) is 0 Å². The molecule has 0 saturated carbocycles. The molecular formula is C18H38N2. The van der Waals surface area contributed by atoms with Gasteiger partial charge >= 0.3 is 0 Å². The molecule has 1 atom stereocenters. The highest BCUT2D eigenvalue weighted by Gasteiger charge is 2.37. The number of nitrogens with one attached hydrogen (secondary N) is 1. The average molecular weight is 283 g/mol. The van der Waals surface area contributed by atoms with Crippen LogP contribution in [0.1, 0.15) is 80.1 Å². The van der Waals surface area contributed by atoms with Crippen LogP contribution in [0, 0.1) is 5.41 Å². The van der Waals surface area contributed by atoms with E-state index in [9.17, 15) is 0 Å². The molecule has 0 aromatic heterocycles. The van der Waals surface area contributed by atoms with Gasteiger partial charge < -0.3 is 5.32 Å². The highest BCUT2D eigenvalue weighted by Crippen LogP contribution is 2.27. The van der Waals surface area contributed by atoms with Gasteiger partial charge in [-0.05, 0) is 32.2 Å². The third-order valence-electron chi connectivity index (χ3n) is 4.87. The van der Waals surface area contributed by atoms with Gasteiger partial charge in [-0.2, -0.15) is 0 Å². The van der Waals surface area contributed by atoms with Gasteiger partial charge in [0.1, 0.15) is 0 Å². The Labute approximate surface area is 127 Å². The Bertz CT molecular complexity index is 265. The van der Waals surface area contributed by atoms with Crippen LogP contribution in [0.2, 0.25) is 0 Å². The molecule has 2 nitrogen and oxygen atoms in total. The maximum atomic E-state index is 3.76. The predicted molar refractivity (Wildman–Crippen MR) is 90.3 cm³/mol. The molecular weight excluding hydrogens is 244 g/mol. The highest BCUT2D eigenvalue weighted by atomic mass is 15.3. The summed E-state index contributed by atoms with van der Waals surface area (Å²) in [5, 5.41) is 3.76. The smallest absolute Gasteiger partial charge is 0.0278 e. The molecule has 1 aliphatic rings. The van der Waals surface area contributed by atoms with Crippen LogP contribution >= 0.6 is 0 Å². The lowest BCUT2D eigenvalue weighted by Gasteiger charge is -2.49. The summed E-state index contributed by atoms with van der Waals surface area (Å²) in [6, 6.07) is 0.621. The third-order valence-corrected chi connectivity index (χ3v) is 4.87. The maximum Gasteiger partial charge on any atom is 0.0278 e. The van der Waals surface area contributed by atoms with Crippen LogP contribution < -0.4 is 5.32 Å². The first kappa shape index (κ1) is 18.0. The molecule has 1 N–H and O–H groups in total. The largest absolute Gasteiger partial charge is 0.310 e. The van der Waals surface area contributed by atoms with Gasteiger partial charge in [0, 0.05) is 24.7 Å². The SMILES string of the molecule is CCCCCCCCN1CC(C(C)(C)C)NCC1(C)C. The van der Waals surface area contributed by atoms with Crippen molar-refractivity contribution in [3.63, 3.8) is 0 Å². The van der Waals surface area contributed by atoms with Crippen molar-refractivity contribution in [3.05, 3.63) is 0 Å². The molecule has 2 heteroatoms. The minimum Gasteiger partial charge on any atom is -0.310 e. The fourth-order valence-corrected chi connectivity index (χ4v) is 3.07. The van der Waals surface area contributed by atoms with Crippen LogP contribution in [0.15, 0.2) is 0 Å². The van der Waals surface area contributed by atoms with E-state index in [0.717, 1.165) is 6.54 Å². The summed E-state index contributed by atoms with van der Waals surface area (Å²) in [6.45, 7) is 17.7. The van der Waals surface area contributed by atoms with Crippen molar-refractivity contribution >= 4 is 0 Å². The van der Waals surface area contributed by atoms with Crippen LogP contribution in [-0.4, -0.2) is 36.1 Å². The molecule has 1 aliphatic heterocycles. The number of rotatable bonds is 7. The summed E-state index contributed by atoms with van der Waals surface area (Å²) in [7, 11) is 0. The van der Waals surface area contributed by atoms with E-state index < -0.39 is 0 Å². The van der Waals surface area contributed by atoms with E-state index in [0.29, 0.717) is 17.0 Å². The first-order valence-corrected chi connectivity index (χ1v) is 8.76. The lowest BCUT2D eigenvalue weighted by molar-refractivity contribution is 0.0347. The standard InChI is InChI=1S/C18H38N2/c1-7-8-9-10-11-12-13-20-14-16(17(2,3)4)19-15-18(20,5)6/h16,19H,7-15H2,1-6H3. The molecule has 20 heavy (non-hydrogen) atoms. The Hall–Kier alpha value is -0.0800. The quantitative estimate of drug-likeness (QED) is 0.694. The Morgan fingerprint density at radius 3 is 2.25 bits per heavy atom. The van der Waals surface area contributed by atoms with Crippen LogP contribution in [0.4, 0.5) is 0 Å². The molecule has 0 radical (unpaired) electrons. The van der Waals surface area contributed by atoms with E-state index in [4.69, 9.17) is 0 Å². The topological polar surface area (TPSA) is 15.3 Å². The second kappa shape index (κ2) is 7.79. The van der Waals surface area contributed by atoms with Gasteiger partial charge in [-0.15, -0.1) is 0 Å². The molecule has 1 saturated heterocycles. The van der Waals surface area contributed by atoms with Gasteiger partial charge in [-0.25, -0.2) is 0 Å². The van der Waals surface area contributed by atoms with Crippen LogP contribution in [0.25, 0.3) is 0 Å². The van der Waals surface area contributed by atoms with E-state index in [1.54, 1.807) is 0 Å². The van der Waals surface area contributed by atoms with E-state index in [-0.39, 0.29) is 0 Å². The zero-order valence-electron chi connectivity index (χ0n) is 14.9. The highest BCUT2D eigenvalue weighted by molar-refractivity contribution is 4.96.